The average Bonchev–Trinajstić information content (AvgIpc) is 2.88. The van der Waals surface area contributed by atoms with E-state index in [1.165, 1.54) is 38.2 Å². The lowest BCUT2D eigenvalue weighted by molar-refractivity contribution is 0.180. The summed E-state index contributed by atoms with van der Waals surface area (Å²) in [5.74, 6) is 1.78. The molecule has 1 unspecified atom stereocenters. The van der Waals surface area contributed by atoms with E-state index in [0.717, 1.165) is 12.5 Å². The fourth-order valence-corrected chi connectivity index (χ4v) is 3.29. The standard InChI is InChI=1S/C16H30N4/c1-4-19-7-5-14(6-8-19)11-20-12-18-10-16(20)15(9-17)13(2)3/h10,12-15H,4-9,11,17H2,1-3H3. The zero-order valence-electron chi connectivity index (χ0n) is 13.3. The maximum atomic E-state index is 5.96. The second-order valence-corrected chi connectivity index (χ2v) is 6.43. The summed E-state index contributed by atoms with van der Waals surface area (Å²) >= 11 is 0. The van der Waals surface area contributed by atoms with Crippen LogP contribution in [-0.2, 0) is 6.54 Å². The molecule has 0 spiro atoms. The van der Waals surface area contributed by atoms with Crippen LogP contribution in [0.4, 0.5) is 0 Å². The SMILES string of the molecule is CCN1CCC(Cn2cncc2C(CN)C(C)C)CC1. The second kappa shape index (κ2) is 7.23. The molecular weight excluding hydrogens is 248 g/mol. The van der Waals surface area contributed by atoms with Gasteiger partial charge in [0.2, 0.25) is 0 Å². The third-order valence-corrected chi connectivity index (χ3v) is 4.79. The molecule has 0 bridgehead atoms. The summed E-state index contributed by atoms with van der Waals surface area (Å²) in [6.45, 7) is 12.2. The molecule has 1 aromatic rings. The van der Waals surface area contributed by atoms with Crippen molar-refractivity contribution in [1.82, 2.24) is 14.5 Å². The van der Waals surface area contributed by atoms with E-state index in [-0.39, 0.29) is 0 Å². The Labute approximate surface area is 123 Å². The Hall–Kier alpha value is -0.870. The Morgan fingerprint density at radius 1 is 1.35 bits per heavy atom. The van der Waals surface area contributed by atoms with Crippen LogP contribution in [0.3, 0.4) is 0 Å². The summed E-state index contributed by atoms with van der Waals surface area (Å²) < 4.78 is 2.35. The van der Waals surface area contributed by atoms with Crippen LogP contribution in [0, 0.1) is 11.8 Å². The highest BCUT2D eigenvalue weighted by molar-refractivity contribution is 5.08. The van der Waals surface area contributed by atoms with E-state index < -0.39 is 0 Å². The highest BCUT2D eigenvalue weighted by Crippen LogP contribution is 2.25. The van der Waals surface area contributed by atoms with E-state index in [2.05, 4.69) is 35.2 Å². The number of piperidine rings is 1. The number of hydrogen-bond donors (Lipinski definition) is 1. The molecule has 1 aromatic heterocycles. The van der Waals surface area contributed by atoms with Crippen LogP contribution >= 0.6 is 0 Å². The third kappa shape index (κ3) is 3.61. The summed E-state index contributed by atoms with van der Waals surface area (Å²) in [7, 11) is 0. The van der Waals surface area contributed by atoms with Crippen LogP contribution in [0.25, 0.3) is 0 Å². The molecule has 4 heteroatoms. The molecule has 0 aliphatic carbocycles. The van der Waals surface area contributed by atoms with Crippen molar-refractivity contribution < 1.29 is 0 Å². The highest BCUT2D eigenvalue weighted by atomic mass is 15.1. The molecule has 0 radical (unpaired) electrons. The predicted octanol–water partition coefficient (Wildman–Crippen LogP) is 2.31. The molecule has 2 rings (SSSR count). The summed E-state index contributed by atoms with van der Waals surface area (Å²) in [6.07, 6.45) is 6.62. The highest BCUT2D eigenvalue weighted by Gasteiger charge is 2.22. The van der Waals surface area contributed by atoms with E-state index in [9.17, 15) is 0 Å². The molecule has 1 atom stereocenters. The van der Waals surface area contributed by atoms with Gasteiger partial charge in [-0.25, -0.2) is 4.98 Å². The van der Waals surface area contributed by atoms with E-state index in [1.807, 2.05) is 12.5 Å². The van der Waals surface area contributed by atoms with Gasteiger partial charge in [-0.2, -0.15) is 0 Å². The molecule has 4 nitrogen and oxygen atoms in total. The van der Waals surface area contributed by atoms with Crippen molar-refractivity contribution in [2.24, 2.45) is 17.6 Å². The molecular formula is C16H30N4. The maximum Gasteiger partial charge on any atom is 0.0948 e. The van der Waals surface area contributed by atoms with Gasteiger partial charge in [0, 0.05) is 30.9 Å². The van der Waals surface area contributed by atoms with Gasteiger partial charge in [0.15, 0.2) is 0 Å². The van der Waals surface area contributed by atoms with Gasteiger partial charge in [-0.15, -0.1) is 0 Å². The fraction of sp³-hybridized carbons (Fsp3) is 0.812. The summed E-state index contributed by atoms with van der Waals surface area (Å²) in [4.78, 5) is 6.91. The molecule has 2 heterocycles. The Balaban J connectivity index is 1.99. The van der Waals surface area contributed by atoms with Crippen LogP contribution in [0.5, 0.6) is 0 Å². The third-order valence-electron chi connectivity index (χ3n) is 4.79. The van der Waals surface area contributed by atoms with Crippen LogP contribution < -0.4 is 5.73 Å². The number of aromatic nitrogens is 2. The minimum absolute atomic E-state index is 0.424. The number of hydrogen-bond acceptors (Lipinski definition) is 3. The number of likely N-dealkylation sites (tertiary alicyclic amines) is 1. The molecule has 1 aliphatic rings. The van der Waals surface area contributed by atoms with Gasteiger partial charge in [0.1, 0.15) is 0 Å². The largest absolute Gasteiger partial charge is 0.334 e. The number of nitrogens with two attached hydrogens (primary N) is 1. The summed E-state index contributed by atoms with van der Waals surface area (Å²) in [5, 5.41) is 0. The molecule has 114 valence electrons. The van der Waals surface area contributed by atoms with Gasteiger partial charge in [0.25, 0.3) is 0 Å². The van der Waals surface area contributed by atoms with Gasteiger partial charge in [0.05, 0.1) is 6.33 Å². The Morgan fingerprint density at radius 2 is 2.05 bits per heavy atom. The van der Waals surface area contributed by atoms with Crippen molar-refractivity contribution in [3.05, 3.63) is 18.2 Å². The minimum atomic E-state index is 0.424. The molecule has 1 aliphatic heterocycles. The smallest absolute Gasteiger partial charge is 0.0948 e. The Kier molecular flexibility index (Phi) is 5.61. The van der Waals surface area contributed by atoms with E-state index in [4.69, 9.17) is 5.73 Å². The normalized spacial score (nSPS) is 19.6. The molecule has 2 N–H and O–H groups in total. The van der Waals surface area contributed by atoms with Crippen molar-refractivity contribution in [2.45, 2.75) is 46.1 Å². The topological polar surface area (TPSA) is 47.1 Å². The van der Waals surface area contributed by atoms with Crippen molar-refractivity contribution in [3.63, 3.8) is 0 Å². The predicted molar refractivity (Wildman–Crippen MR) is 83.7 cm³/mol. The first-order valence-corrected chi connectivity index (χ1v) is 8.08. The quantitative estimate of drug-likeness (QED) is 0.868. The van der Waals surface area contributed by atoms with Crippen molar-refractivity contribution in [2.75, 3.05) is 26.2 Å². The summed E-state index contributed by atoms with van der Waals surface area (Å²) in [6, 6.07) is 0. The first-order chi connectivity index (χ1) is 9.65. The van der Waals surface area contributed by atoms with Gasteiger partial charge in [-0.3, -0.25) is 0 Å². The van der Waals surface area contributed by atoms with E-state index in [1.54, 1.807) is 0 Å². The van der Waals surface area contributed by atoms with Crippen LogP contribution in [-0.4, -0.2) is 40.6 Å². The first-order valence-electron chi connectivity index (χ1n) is 8.08. The fourth-order valence-electron chi connectivity index (χ4n) is 3.29. The van der Waals surface area contributed by atoms with Crippen molar-refractivity contribution in [1.29, 1.82) is 0 Å². The first kappa shape index (κ1) is 15.5. The second-order valence-electron chi connectivity index (χ2n) is 6.43. The summed E-state index contributed by atoms with van der Waals surface area (Å²) in [5.41, 5.74) is 7.28. The number of imidazole rings is 1. The van der Waals surface area contributed by atoms with Crippen LogP contribution in [0.2, 0.25) is 0 Å². The number of nitrogens with zero attached hydrogens (tertiary/aromatic N) is 3. The van der Waals surface area contributed by atoms with Gasteiger partial charge < -0.3 is 15.2 Å². The Bertz CT molecular complexity index is 391. The van der Waals surface area contributed by atoms with Gasteiger partial charge in [-0.1, -0.05) is 20.8 Å². The Morgan fingerprint density at radius 3 is 2.60 bits per heavy atom. The zero-order valence-corrected chi connectivity index (χ0v) is 13.3. The van der Waals surface area contributed by atoms with Crippen molar-refractivity contribution >= 4 is 0 Å². The average molecular weight is 278 g/mol. The van der Waals surface area contributed by atoms with Gasteiger partial charge >= 0.3 is 0 Å². The molecule has 0 amide bonds. The number of rotatable bonds is 6. The van der Waals surface area contributed by atoms with Crippen LogP contribution in [0.15, 0.2) is 12.5 Å². The molecule has 1 saturated heterocycles. The minimum Gasteiger partial charge on any atom is -0.334 e. The monoisotopic (exact) mass is 278 g/mol. The lowest BCUT2D eigenvalue weighted by Crippen LogP contribution is -2.35. The maximum absolute atomic E-state index is 5.96. The lowest BCUT2D eigenvalue weighted by atomic mass is 9.92. The molecule has 1 fully saturated rings. The van der Waals surface area contributed by atoms with Gasteiger partial charge in [-0.05, 0) is 44.3 Å². The van der Waals surface area contributed by atoms with Crippen molar-refractivity contribution in [3.8, 4) is 0 Å². The molecule has 0 saturated carbocycles. The van der Waals surface area contributed by atoms with Crippen LogP contribution in [0.1, 0.15) is 45.2 Å². The molecule has 0 aromatic carbocycles. The zero-order chi connectivity index (χ0) is 14.5. The van der Waals surface area contributed by atoms with E-state index in [0.29, 0.717) is 18.4 Å². The molecule has 20 heavy (non-hydrogen) atoms. The lowest BCUT2D eigenvalue weighted by Gasteiger charge is -2.32. The van der Waals surface area contributed by atoms with E-state index >= 15 is 0 Å².